The van der Waals surface area contributed by atoms with Crippen LogP contribution in [0.2, 0.25) is 0 Å². The Morgan fingerprint density at radius 2 is 2.07 bits per heavy atom. The van der Waals surface area contributed by atoms with Crippen LogP contribution in [0.25, 0.3) is 0 Å². The molecule has 0 saturated carbocycles. The van der Waals surface area contributed by atoms with E-state index in [1.54, 1.807) is 0 Å². The van der Waals surface area contributed by atoms with Crippen molar-refractivity contribution >= 4 is 17.3 Å². The van der Waals surface area contributed by atoms with E-state index in [1.807, 2.05) is 13.8 Å². The predicted molar refractivity (Wildman–Crippen MR) is 109 cm³/mol. The number of hydrogen-bond donors (Lipinski definition) is 3. The van der Waals surface area contributed by atoms with Crippen molar-refractivity contribution in [3.8, 4) is 0 Å². The molecule has 1 saturated heterocycles. The zero-order valence-electron chi connectivity index (χ0n) is 16.5. The van der Waals surface area contributed by atoms with E-state index < -0.39 is 23.3 Å². The van der Waals surface area contributed by atoms with Crippen molar-refractivity contribution in [2.45, 2.75) is 31.9 Å². The second-order valence-electron chi connectivity index (χ2n) is 7.18. The normalized spacial score (nSPS) is 18.3. The summed E-state index contributed by atoms with van der Waals surface area (Å²) in [6, 6.07) is 2.78. The van der Waals surface area contributed by atoms with E-state index in [9.17, 15) is 13.9 Å². The number of thiocarbonyl (C=S) groups is 1. The first-order valence-electron chi connectivity index (χ1n) is 9.64. The number of aliphatic hydroxyl groups is 1. The lowest BCUT2D eigenvalue weighted by Gasteiger charge is -2.45. The SMILES string of the molecule is CCNC(=S)N1CCN([C@H](C)[C@@](O)(Cc2nc[nH]n2)c2ccc(F)cc2F)CC1. The molecule has 0 amide bonds. The Morgan fingerprint density at radius 3 is 2.66 bits per heavy atom. The highest BCUT2D eigenvalue weighted by molar-refractivity contribution is 7.80. The number of aromatic amines is 1. The van der Waals surface area contributed by atoms with Crippen LogP contribution < -0.4 is 5.32 Å². The quantitative estimate of drug-likeness (QED) is 0.605. The lowest BCUT2D eigenvalue weighted by atomic mass is 9.82. The summed E-state index contributed by atoms with van der Waals surface area (Å²) < 4.78 is 28.1. The number of hydrogen-bond acceptors (Lipinski definition) is 5. The molecule has 29 heavy (non-hydrogen) atoms. The third kappa shape index (κ3) is 4.71. The van der Waals surface area contributed by atoms with Crippen molar-refractivity contribution < 1.29 is 13.9 Å². The Hall–Kier alpha value is -2.17. The lowest BCUT2D eigenvalue weighted by molar-refractivity contribution is -0.0577. The topological polar surface area (TPSA) is 80.3 Å². The number of H-pyrrole nitrogens is 1. The molecule has 3 rings (SSSR count). The van der Waals surface area contributed by atoms with E-state index in [-0.39, 0.29) is 12.0 Å². The van der Waals surface area contributed by atoms with Gasteiger partial charge in [0.15, 0.2) is 10.9 Å². The summed E-state index contributed by atoms with van der Waals surface area (Å²) in [6.45, 7) is 7.27. The molecule has 3 N–H and O–H groups in total. The Morgan fingerprint density at radius 1 is 1.34 bits per heavy atom. The molecule has 2 heterocycles. The van der Waals surface area contributed by atoms with Gasteiger partial charge in [0.05, 0.1) is 0 Å². The standard InChI is InChI=1S/C19H26F2N6OS/c1-3-22-18(29)27-8-6-26(7-9-27)13(2)19(28,11-17-23-12-24-25-17)15-5-4-14(20)10-16(15)21/h4-5,10,12-13,28H,3,6-9,11H2,1-2H3,(H,22,29)(H,23,24,25)/t13-,19+/m1/s1. The van der Waals surface area contributed by atoms with Gasteiger partial charge in [-0.1, -0.05) is 6.07 Å². The third-order valence-electron chi connectivity index (χ3n) is 5.46. The average Bonchev–Trinajstić information content (AvgIpc) is 3.20. The van der Waals surface area contributed by atoms with Crippen LogP contribution >= 0.6 is 12.2 Å². The van der Waals surface area contributed by atoms with Crippen LogP contribution in [0, 0.1) is 11.6 Å². The number of halogens is 2. The fourth-order valence-electron chi connectivity index (χ4n) is 3.75. The van der Waals surface area contributed by atoms with E-state index in [4.69, 9.17) is 12.2 Å². The van der Waals surface area contributed by atoms with Crippen LogP contribution in [0.5, 0.6) is 0 Å². The number of aromatic nitrogens is 3. The summed E-state index contributed by atoms with van der Waals surface area (Å²) in [4.78, 5) is 8.24. The maximum absolute atomic E-state index is 14.7. The maximum atomic E-state index is 14.7. The molecule has 2 aromatic rings. The summed E-state index contributed by atoms with van der Waals surface area (Å²) in [5, 5.41) is 22.1. The molecular weight excluding hydrogens is 398 g/mol. The highest BCUT2D eigenvalue weighted by atomic mass is 32.1. The molecule has 158 valence electrons. The first-order chi connectivity index (χ1) is 13.8. The number of piperazine rings is 1. The summed E-state index contributed by atoms with van der Waals surface area (Å²) in [6.07, 6.45) is 1.40. The van der Waals surface area contributed by atoms with Gasteiger partial charge in [-0.2, -0.15) is 5.10 Å². The highest BCUT2D eigenvalue weighted by Crippen LogP contribution is 2.34. The Kier molecular flexibility index (Phi) is 6.76. The molecule has 10 heteroatoms. The Labute approximate surface area is 174 Å². The summed E-state index contributed by atoms with van der Waals surface area (Å²) >= 11 is 5.38. The summed E-state index contributed by atoms with van der Waals surface area (Å²) in [7, 11) is 0. The van der Waals surface area contributed by atoms with E-state index in [1.165, 1.54) is 12.4 Å². The zero-order valence-corrected chi connectivity index (χ0v) is 17.3. The van der Waals surface area contributed by atoms with Crippen LogP contribution in [-0.2, 0) is 12.0 Å². The third-order valence-corrected chi connectivity index (χ3v) is 5.86. The lowest BCUT2D eigenvalue weighted by Crippen LogP contribution is -2.58. The second kappa shape index (κ2) is 9.10. The van der Waals surface area contributed by atoms with Crippen molar-refractivity contribution in [3.63, 3.8) is 0 Å². The predicted octanol–water partition coefficient (Wildman–Crippen LogP) is 1.41. The van der Waals surface area contributed by atoms with Crippen molar-refractivity contribution in [2.24, 2.45) is 0 Å². The minimum atomic E-state index is -1.63. The first kappa shape index (κ1) is 21.5. The molecule has 7 nitrogen and oxygen atoms in total. The molecule has 1 aromatic heterocycles. The number of nitrogens with one attached hydrogen (secondary N) is 2. The van der Waals surface area contributed by atoms with Crippen LogP contribution in [0.4, 0.5) is 8.78 Å². The van der Waals surface area contributed by atoms with E-state index in [0.717, 1.165) is 18.7 Å². The van der Waals surface area contributed by atoms with Crippen molar-refractivity contribution in [2.75, 3.05) is 32.7 Å². The fraction of sp³-hybridized carbons (Fsp3) is 0.526. The monoisotopic (exact) mass is 424 g/mol. The van der Waals surface area contributed by atoms with Crippen LogP contribution in [-0.4, -0.2) is 74.0 Å². The molecule has 0 unspecified atom stereocenters. The molecule has 1 aliphatic rings. The highest BCUT2D eigenvalue weighted by Gasteiger charge is 2.43. The first-order valence-corrected chi connectivity index (χ1v) is 10.1. The minimum absolute atomic E-state index is 0.00373. The molecule has 0 bridgehead atoms. The second-order valence-corrected chi connectivity index (χ2v) is 7.56. The van der Waals surface area contributed by atoms with Crippen molar-refractivity contribution in [3.05, 3.63) is 47.5 Å². The van der Waals surface area contributed by atoms with Gasteiger partial charge in [-0.05, 0) is 32.1 Å². The molecule has 1 aromatic carbocycles. The van der Waals surface area contributed by atoms with E-state index in [0.29, 0.717) is 37.1 Å². The smallest absolute Gasteiger partial charge is 0.169 e. The molecule has 1 aliphatic heterocycles. The molecule has 1 fully saturated rings. The molecule has 2 atom stereocenters. The van der Waals surface area contributed by atoms with Crippen molar-refractivity contribution in [1.82, 2.24) is 30.3 Å². The Balaban J connectivity index is 1.83. The van der Waals surface area contributed by atoms with Gasteiger partial charge < -0.3 is 15.3 Å². The summed E-state index contributed by atoms with van der Waals surface area (Å²) in [5.41, 5.74) is -1.61. The molecular formula is C19H26F2N6OS. The van der Waals surface area contributed by atoms with Gasteiger partial charge in [0.25, 0.3) is 0 Å². The van der Waals surface area contributed by atoms with Crippen molar-refractivity contribution in [1.29, 1.82) is 0 Å². The number of nitrogens with zero attached hydrogens (tertiary/aromatic N) is 4. The van der Waals surface area contributed by atoms with Crippen LogP contribution in [0.15, 0.2) is 24.5 Å². The van der Waals surface area contributed by atoms with E-state index >= 15 is 0 Å². The van der Waals surface area contributed by atoms with E-state index in [2.05, 4.69) is 30.3 Å². The average molecular weight is 425 g/mol. The van der Waals surface area contributed by atoms with Gasteiger partial charge in [-0.15, -0.1) is 0 Å². The van der Waals surface area contributed by atoms with Crippen LogP contribution in [0.1, 0.15) is 25.2 Å². The largest absolute Gasteiger partial charge is 0.383 e. The number of benzene rings is 1. The van der Waals surface area contributed by atoms with Gasteiger partial charge in [-0.3, -0.25) is 10.00 Å². The molecule has 0 aliphatic carbocycles. The van der Waals surface area contributed by atoms with Gasteiger partial charge in [0.2, 0.25) is 0 Å². The Bertz CT molecular complexity index is 828. The van der Waals surface area contributed by atoms with Gasteiger partial charge in [-0.25, -0.2) is 13.8 Å². The summed E-state index contributed by atoms with van der Waals surface area (Å²) in [5.74, 6) is -1.12. The maximum Gasteiger partial charge on any atom is 0.169 e. The minimum Gasteiger partial charge on any atom is -0.383 e. The molecule has 0 spiro atoms. The number of rotatable bonds is 6. The van der Waals surface area contributed by atoms with Gasteiger partial charge in [0, 0.05) is 56.8 Å². The van der Waals surface area contributed by atoms with Gasteiger partial charge >= 0.3 is 0 Å². The van der Waals surface area contributed by atoms with Crippen LogP contribution in [0.3, 0.4) is 0 Å². The zero-order chi connectivity index (χ0) is 21.0. The fourth-order valence-corrected chi connectivity index (χ4v) is 4.07. The van der Waals surface area contributed by atoms with Gasteiger partial charge in [0.1, 0.15) is 23.6 Å². The molecule has 0 radical (unpaired) electrons.